The zero-order valence-corrected chi connectivity index (χ0v) is 13.6. The SMILES string of the molecule is CC(N)c1cccc(S(=O)(=O)NCC2CCN(C)CC2)c1. The molecule has 1 aliphatic rings. The van der Waals surface area contributed by atoms with Crippen molar-refractivity contribution in [2.45, 2.75) is 30.7 Å². The third-order valence-corrected chi connectivity index (χ3v) is 5.52. The van der Waals surface area contributed by atoms with Crippen molar-refractivity contribution in [3.63, 3.8) is 0 Å². The van der Waals surface area contributed by atoms with E-state index in [-0.39, 0.29) is 6.04 Å². The van der Waals surface area contributed by atoms with Gasteiger partial charge in [0.25, 0.3) is 0 Å². The van der Waals surface area contributed by atoms with Gasteiger partial charge in [-0.05, 0) is 63.5 Å². The minimum atomic E-state index is -3.45. The van der Waals surface area contributed by atoms with E-state index in [1.54, 1.807) is 18.2 Å². The lowest BCUT2D eigenvalue weighted by atomic mass is 9.98. The van der Waals surface area contributed by atoms with E-state index in [1.807, 2.05) is 13.0 Å². The van der Waals surface area contributed by atoms with Gasteiger partial charge in [0, 0.05) is 12.6 Å². The monoisotopic (exact) mass is 311 g/mol. The second-order valence-corrected chi connectivity index (χ2v) is 7.73. The first kappa shape index (κ1) is 16.4. The fourth-order valence-corrected chi connectivity index (χ4v) is 3.71. The Morgan fingerprint density at radius 1 is 1.38 bits per heavy atom. The number of nitrogens with two attached hydrogens (primary N) is 1. The largest absolute Gasteiger partial charge is 0.324 e. The van der Waals surface area contributed by atoms with Crippen molar-refractivity contribution in [3.8, 4) is 0 Å². The molecule has 118 valence electrons. The van der Waals surface area contributed by atoms with Crippen LogP contribution in [0.2, 0.25) is 0 Å². The van der Waals surface area contributed by atoms with Gasteiger partial charge in [0.1, 0.15) is 0 Å². The molecule has 1 aliphatic heterocycles. The molecule has 1 unspecified atom stereocenters. The van der Waals surface area contributed by atoms with E-state index in [4.69, 9.17) is 5.73 Å². The zero-order chi connectivity index (χ0) is 15.5. The average Bonchev–Trinajstić information content (AvgIpc) is 2.47. The summed E-state index contributed by atoms with van der Waals surface area (Å²) in [7, 11) is -1.35. The molecule has 1 saturated heterocycles. The zero-order valence-electron chi connectivity index (χ0n) is 12.7. The van der Waals surface area contributed by atoms with Crippen LogP contribution in [0.4, 0.5) is 0 Å². The minimum absolute atomic E-state index is 0.172. The Hall–Kier alpha value is -0.950. The van der Waals surface area contributed by atoms with Gasteiger partial charge in [-0.25, -0.2) is 13.1 Å². The Bertz CT molecular complexity index is 564. The van der Waals surface area contributed by atoms with Crippen molar-refractivity contribution in [1.29, 1.82) is 0 Å². The summed E-state index contributed by atoms with van der Waals surface area (Å²) in [5.41, 5.74) is 6.64. The Morgan fingerprint density at radius 3 is 2.67 bits per heavy atom. The molecule has 1 aromatic carbocycles. The third-order valence-electron chi connectivity index (χ3n) is 4.09. The highest BCUT2D eigenvalue weighted by Gasteiger charge is 2.20. The maximum absolute atomic E-state index is 12.4. The van der Waals surface area contributed by atoms with Crippen LogP contribution >= 0.6 is 0 Å². The number of sulfonamides is 1. The predicted octanol–water partition coefficient (Wildman–Crippen LogP) is 1.33. The fraction of sp³-hybridized carbons (Fsp3) is 0.600. The number of hydrogen-bond acceptors (Lipinski definition) is 4. The lowest BCUT2D eigenvalue weighted by Crippen LogP contribution is -2.36. The number of rotatable bonds is 5. The highest BCUT2D eigenvalue weighted by Crippen LogP contribution is 2.18. The molecule has 0 radical (unpaired) electrons. The Kier molecular flexibility index (Phi) is 5.37. The van der Waals surface area contributed by atoms with Gasteiger partial charge in [0.05, 0.1) is 4.90 Å². The number of nitrogens with one attached hydrogen (secondary N) is 1. The molecule has 0 saturated carbocycles. The van der Waals surface area contributed by atoms with Crippen LogP contribution in [0.25, 0.3) is 0 Å². The Morgan fingerprint density at radius 2 is 2.05 bits per heavy atom. The number of benzene rings is 1. The average molecular weight is 311 g/mol. The first-order chi connectivity index (χ1) is 9.88. The van der Waals surface area contributed by atoms with Crippen LogP contribution in [0.1, 0.15) is 31.4 Å². The molecular formula is C15H25N3O2S. The van der Waals surface area contributed by atoms with Gasteiger partial charge in [-0.3, -0.25) is 0 Å². The van der Waals surface area contributed by atoms with Crippen molar-refractivity contribution < 1.29 is 8.42 Å². The fourth-order valence-electron chi connectivity index (χ4n) is 2.54. The maximum Gasteiger partial charge on any atom is 0.240 e. The number of nitrogens with zero attached hydrogens (tertiary/aromatic N) is 1. The Labute approximate surface area is 127 Å². The molecule has 0 aromatic heterocycles. The lowest BCUT2D eigenvalue weighted by molar-refractivity contribution is 0.220. The van der Waals surface area contributed by atoms with E-state index in [1.165, 1.54) is 0 Å². The number of piperidine rings is 1. The molecule has 1 fully saturated rings. The molecule has 21 heavy (non-hydrogen) atoms. The third kappa shape index (κ3) is 4.51. The van der Waals surface area contributed by atoms with Crippen molar-refractivity contribution in [2.24, 2.45) is 11.7 Å². The quantitative estimate of drug-likeness (QED) is 0.860. The van der Waals surface area contributed by atoms with E-state index >= 15 is 0 Å². The van der Waals surface area contributed by atoms with Gasteiger partial charge in [-0.1, -0.05) is 12.1 Å². The van der Waals surface area contributed by atoms with Gasteiger partial charge in [0.2, 0.25) is 10.0 Å². The van der Waals surface area contributed by atoms with E-state index in [0.717, 1.165) is 31.5 Å². The summed E-state index contributed by atoms with van der Waals surface area (Å²) < 4.78 is 27.4. The highest BCUT2D eigenvalue weighted by atomic mass is 32.2. The van der Waals surface area contributed by atoms with E-state index < -0.39 is 10.0 Å². The summed E-state index contributed by atoms with van der Waals surface area (Å²) in [6.07, 6.45) is 2.08. The molecule has 1 heterocycles. The van der Waals surface area contributed by atoms with E-state index in [0.29, 0.717) is 17.4 Å². The van der Waals surface area contributed by atoms with Crippen molar-refractivity contribution in [3.05, 3.63) is 29.8 Å². The van der Waals surface area contributed by atoms with Gasteiger partial charge in [0.15, 0.2) is 0 Å². The minimum Gasteiger partial charge on any atom is -0.324 e. The van der Waals surface area contributed by atoms with Crippen molar-refractivity contribution in [1.82, 2.24) is 9.62 Å². The number of hydrogen-bond donors (Lipinski definition) is 2. The molecule has 5 nitrogen and oxygen atoms in total. The highest BCUT2D eigenvalue weighted by molar-refractivity contribution is 7.89. The Balaban J connectivity index is 2.00. The molecule has 3 N–H and O–H groups in total. The summed E-state index contributed by atoms with van der Waals surface area (Å²) >= 11 is 0. The molecule has 0 spiro atoms. The molecule has 1 atom stereocenters. The molecule has 6 heteroatoms. The van der Waals surface area contributed by atoms with Gasteiger partial charge >= 0.3 is 0 Å². The summed E-state index contributed by atoms with van der Waals surface area (Å²) in [5, 5.41) is 0. The normalized spacial score (nSPS) is 19.6. The van der Waals surface area contributed by atoms with Gasteiger partial charge in [-0.2, -0.15) is 0 Å². The van der Waals surface area contributed by atoms with Gasteiger partial charge in [-0.15, -0.1) is 0 Å². The summed E-state index contributed by atoms with van der Waals surface area (Å²) in [6.45, 7) is 4.43. The molecule has 0 aliphatic carbocycles. The van der Waals surface area contributed by atoms with Gasteiger partial charge < -0.3 is 10.6 Å². The molecule has 2 rings (SSSR count). The van der Waals surface area contributed by atoms with Crippen LogP contribution in [0.3, 0.4) is 0 Å². The van der Waals surface area contributed by atoms with Crippen LogP contribution in [0.5, 0.6) is 0 Å². The topological polar surface area (TPSA) is 75.4 Å². The summed E-state index contributed by atoms with van der Waals surface area (Å²) in [5.74, 6) is 0.424. The summed E-state index contributed by atoms with van der Waals surface area (Å²) in [4.78, 5) is 2.57. The smallest absolute Gasteiger partial charge is 0.240 e. The summed E-state index contributed by atoms with van der Waals surface area (Å²) in [6, 6.07) is 6.68. The maximum atomic E-state index is 12.4. The first-order valence-corrected chi connectivity index (χ1v) is 8.90. The number of likely N-dealkylation sites (tertiary alicyclic amines) is 1. The van der Waals surface area contributed by atoms with Crippen LogP contribution in [0, 0.1) is 5.92 Å². The van der Waals surface area contributed by atoms with Crippen LogP contribution in [0.15, 0.2) is 29.2 Å². The molecule has 0 bridgehead atoms. The van der Waals surface area contributed by atoms with Crippen molar-refractivity contribution in [2.75, 3.05) is 26.7 Å². The molecule has 0 amide bonds. The molecular weight excluding hydrogens is 286 g/mol. The standard InChI is InChI=1S/C15H25N3O2S/c1-12(16)14-4-3-5-15(10-14)21(19,20)17-11-13-6-8-18(2)9-7-13/h3-5,10,12-13,17H,6-9,11,16H2,1-2H3. The van der Waals surface area contributed by atoms with E-state index in [2.05, 4.69) is 16.7 Å². The first-order valence-electron chi connectivity index (χ1n) is 7.42. The second-order valence-electron chi connectivity index (χ2n) is 5.96. The van der Waals surface area contributed by atoms with Crippen LogP contribution < -0.4 is 10.5 Å². The van der Waals surface area contributed by atoms with Crippen molar-refractivity contribution >= 4 is 10.0 Å². The predicted molar refractivity (Wildman–Crippen MR) is 84.5 cm³/mol. The lowest BCUT2D eigenvalue weighted by Gasteiger charge is -2.28. The van der Waals surface area contributed by atoms with E-state index in [9.17, 15) is 8.42 Å². The molecule has 1 aromatic rings. The van der Waals surface area contributed by atoms with Crippen LogP contribution in [-0.4, -0.2) is 40.0 Å². The second kappa shape index (κ2) is 6.87. The van der Waals surface area contributed by atoms with Crippen LogP contribution in [-0.2, 0) is 10.0 Å².